The van der Waals surface area contributed by atoms with Gasteiger partial charge in [-0.15, -0.1) is 0 Å². The topological polar surface area (TPSA) is 33.1 Å². The minimum Gasteiger partial charge on any atom is -0.359 e. The van der Waals surface area contributed by atoms with Gasteiger partial charge >= 0.3 is 0 Å². The highest BCUT2D eigenvalue weighted by Crippen LogP contribution is 2.07. The van der Waals surface area contributed by atoms with Crippen molar-refractivity contribution in [3.05, 3.63) is 11.9 Å². The molecule has 0 unspecified atom stereocenters. The summed E-state index contributed by atoms with van der Waals surface area (Å²) in [6.45, 7) is 8.45. The summed E-state index contributed by atoms with van der Waals surface area (Å²) in [7, 11) is 4.05. The Kier molecular flexibility index (Phi) is 4.15. The van der Waals surface area contributed by atoms with E-state index in [2.05, 4.69) is 46.9 Å². The smallest absolute Gasteiger partial charge is 0.202 e. The second-order valence-electron chi connectivity index (χ2n) is 4.22. The first-order valence-corrected chi connectivity index (χ1v) is 5.46. The van der Waals surface area contributed by atoms with Crippen LogP contribution in [-0.4, -0.2) is 41.1 Å². The lowest BCUT2D eigenvalue weighted by Gasteiger charge is -2.21. The second-order valence-corrected chi connectivity index (χ2v) is 4.22. The fourth-order valence-corrected chi connectivity index (χ4v) is 1.44. The average Bonchev–Trinajstić information content (AvgIpc) is 2.55. The number of imidazole rings is 1. The molecule has 0 spiro atoms. The summed E-state index contributed by atoms with van der Waals surface area (Å²) in [6.07, 6.45) is 2.08. The molecule has 1 rings (SSSR count). The molecule has 0 aliphatic heterocycles. The Morgan fingerprint density at radius 2 is 2.20 bits per heavy atom. The molecule has 0 saturated heterocycles. The van der Waals surface area contributed by atoms with Gasteiger partial charge in [0.15, 0.2) is 0 Å². The normalized spacial score (nSPS) is 11.4. The fourth-order valence-electron chi connectivity index (χ4n) is 1.44. The molecule has 0 amide bonds. The Bertz CT molecular complexity index is 304. The lowest BCUT2D eigenvalue weighted by molar-refractivity contribution is 0.263. The number of hydrogen-bond donors (Lipinski definition) is 1. The van der Waals surface area contributed by atoms with Gasteiger partial charge in [0, 0.05) is 32.4 Å². The molecule has 0 aromatic carbocycles. The number of nitrogens with one attached hydrogen (secondary N) is 1. The van der Waals surface area contributed by atoms with Crippen LogP contribution in [0.2, 0.25) is 0 Å². The molecular weight excluding hydrogens is 188 g/mol. The van der Waals surface area contributed by atoms with Gasteiger partial charge in [0.1, 0.15) is 0 Å². The first-order chi connectivity index (χ1) is 7.04. The van der Waals surface area contributed by atoms with Gasteiger partial charge in [-0.2, -0.15) is 0 Å². The average molecular weight is 210 g/mol. The highest BCUT2D eigenvalue weighted by Gasteiger charge is 2.06. The standard InChI is InChI=1S/C11H22N4/c1-9(2)14(5)6-7-15-8-10(3)13-11(15)12-4/h8-9H,6-7H2,1-5H3,(H,12,13). The predicted molar refractivity (Wildman–Crippen MR) is 64.3 cm³/mol. The molecule has 0 atom stereocenters. The van der Waals surface area contributed by atoms with Crippen LogP contribution in [0, 0.1) is 6.92 Å². The van der Waals surface area contributed by atoms with Crippen molar-refractivity contribution in [1.29, 1.82) is 0 Å². The van der Waals surface area contributed by atoms with Crippen molar-refractivity contribution in [3.63, 3.8) is 0 Å². The van der Waals surface area contributed by atoms with Crippen molar-refractivity contribution in [2.45, 2.75) is 33.4 Å². The van der Waals surface area contributed by atoms with E-state index < -0.39 is 0 Å². The largest absolute Gasteiger partial charge is 0.359 e. The van der Waals surface area contributed by atoms with Crippen molar-refractivity contribution in [3.8, 4) is 0 Å². The van der Waals surface area contributed by atoms with E-state index in [4.69, 9.17) is 0 Å². The molecular formula is C11H22N4. The summed E-state index contributed by atoms with van der Waals surface area (Å²) in [5.41, 5.74) is 1.06. The molecule has 15 heavy (non-hydrogen) atoms. The van der Waals surface area contributed by atoms with Crippen LogP contribution in [0.25, 0.3) is 0 Å². The van der Waals surface area contributed by atoms with Gasteiger partial charge in [0.05, 0.1) is 5.69 Å². The molecule has 4 heteroatoms. The number of anilines is 1. The van der Waals surface area contributed by atoms with Crippen LogP contribution in [0.4, 0.5) is 5.95 Å². The Balaban J connectivity index is 2.56. The molecule has 0 radical (unpaired) electrons. The molecule has 86 valence electrons. The van der Waals surface area contributed by atoms with Crippen LogP contribution in [0.5, 0.6) is 0 Å². The maximum absolute atomic E-state index is 4.39. The van der Waals surface area contributed by atoms with Gasteiger partial charge in [0.25, 0.3) is 0 Å². The molecule has 1 aromatic heterocycles. The molecule has 0 aliphatic carbocycles. The zero-order chi connectivity index (χ0) is 11.4. The molecule has 4 nitrogen and oxygen atoms in total. The molecule has 1 heterocycles. The van der Waals surface area contributed by atoms with E-state index in [1.807, 2.05) is 14.0 Å². The van der Waals surface area contributed by atoms with Crippen molar-refractivity contribution >= 4 is 5.95 Å². The minimum absolute atomic E-state index is 0.590. The van der Waals surface area contributed by atoms with Crippen molar-refractivity contribution in [1.82, 2.24) is 14.5 Å². The Labute approximate surface area is 92.3 Å². The third-order valence-corrected chi connectivity index (χ3v) is 2.70. The Hall–Kier alpha value is -1.03. The zero-order valence-corrected chi connectivity index (χ0v) is 10.4. The molecule has 1 aromatic rings. The SMILES string of the molecule is CNc1nc(C)cn1CCN(C)C(C)C. The van der Waals surface area contributed by atoms with Gasteiger partial charge in [-0.3, -0.25) is 0 Å². The van der Waals surface area contributed by atoms with Crippen LogP contribution in [0.3, 0.4) is 0 Å². The van der Waals surface area contributed by atoms with Crippen molar-refractivity contribution in [2.75, 3.05) is 26.0 Å². The van der Waals surface area contributed by atoms with E-state index in [9.17, 15) is 0 Å². The molecule has 1 N–H and O–H groups in total. The van der Waals surface area contributed by atoms with Crippen molar-refractivity contribution < 1.29 is 0 Å². The molecule has 0 saturated carbocycles. The maximum atomic E-state index is 4.39. The summed E-state index contributed by atoms with van der Waals surface area (Å²) in [4.78, 5) is 6.71. The van der Waals surface area contributed by atoms with E-state index in [-0.39, 0.29) is 0 Å². The number of hydrogen-bond acceptors (Lipinski definition) is 3. The molecule has 0 bridgehead atoms. The van der Waals surface area contributed by atoms with Gasteiger partial charge in [0.2, 0.25) is 5.95 Å². The number of aryl methyl sites for hydroxylation is 1. The third kappa shape index (κ3) is 3.23. The lowest BCUT2D eigenvalue weighted by atomic mass is 10.3. The summed E-state index contributed by atoms with van der Waals surface area (Å²) in [6, 6.07) is 0.590. The van der Waals surface area contributed by atoms with Crippen LogP contribution in [0.1, 0.15) is 19.5 Å². The summed E-state index contributed by atoms with van der Waals surface area (Å²) in [5.74, 6) is 0.949. The van der Waals surface area contributed by atoms with E-state index in [1.165, 1.54) is 0 Å². The van der Waals surface area contributed by atoms with Gasteiger partial charge in [-0.05, 0) is 27.8 Å². The lowest BCUT2D eigenvalue weighted by Crippen LogP contribution is -2.29. The highest BCUT2D eigenvalue weighted by molar-refractivity contribution is 5.27. The molecule has 0 fully saturated rings. The Morgan fingerprint density at radius 3 is 2.73 bits per heavy atom. The Morgan fingerprint density at radius 1 is 1.53 bits per heavy atom. The fraction of sp³-hybridized carbons (Fsp3) is 0.727. The maximum Gasteiger partial charge on any atom is 0.202 e. The van der Waals surface area contributed by atoms with Crippen LogP contribution < -0.4 is 5.32 Å². The highest BCUT2D eigenvalue weighted by atomic mass is 15.2. The monoisotopic (exact) mass is 210 g/mol. The van der Waals surface area contributed by atoms with Gasteiger partial charge in [-0.1, -0.05) is 0 Å². The summed E-state index contributed by atoms with van der Waals surface area (Å²) >= 11 is 0. The quantitative estimate of drug-likeness (QED) is 0.801. The third-order valence-electron chi connectivity index (χ3n) is 2.70. The number of nitrogens with zero attached hydrogens (tertiary/aromatic N) is 3. The van der Waals surface area contributed by atoms with E-state index in [0.29, 0.717) is 6.04 Å². The summed E-state index contributed by atoms with van der Waals surface area (Å²) < 4.78 is 2.16. The van der Waals surface area contributed by atoms with Crippen LogP contribution in [-0.2, 0) is 6.54 Å². The first kappa shape index (κ1) is 12.0. The second kappa shape index (κ2) is 5.16. The van der Waals surface area contributed by atoms with Gasteiger partial charge < -0.3 is 14.8 Å². The molecule has 0 aliphatic rings. The van der Waals surface area contributed by atoms with E-state index >= 15 is 0 Å². The van der Waals surface area contributed by atoms with Crippen LogP contribution in [0.15, 0.2) is 6.20 Å². The van der Waals surface area contributed by atoms with E-state index in [0.717, 1.165) is 24.7 Å². The summed E-state index contributed by atoms with van der Waals surface area (Å²) in [5, 5.41) is 3.10. The van der Waals surface area contributed by atoms with Crippen molar-refractivity contribution in [2.24, 2.45) is 0 Å². The van der Waals surface area contributed by atoms with Crippen LogP contribution >= 0.6 is 0 Å². The zero-order valence-electron chi connectivity index (χ0n) is 10.4. The minimum atomic E-state index is 0.590. The van der Waals surface area contributed by atoms with E-state index in [1.54, 1.807) is 0 Å². The first-order valence-electron chi connectivity index (χ1n) is 5.46. The number of rotatable bonds is 5. The predicted octanol–water partition coefficient (Wildman–Crippen LogP) is 1.57. The number of aromatic nitrogens is 2. The number of likely N-dealkylation sites (N-methyl/N-ethyl adjacent to an activating group) is 1. The van der Waals surface area contributed by atoms with Gasteiger partial charge in [-0.25, -0.2) is 4.98 Å².